The highest BCUT2D eigenvalue weighted by molar-refractivity contribution is 5.80. The normalized spacial score (nSPS) is 11.2. The van der Waals surface area contributed by atoms with Crippen molar-refractivity contribution in [1.29, 1.82) is 0 Å². The molecular formula is C19H27N3O2. The van der Waals surface area contributed by atoms with Crippen molar-refractivity contribution in [1.82, 2.24) is 15.2 Å². The molecule has 0 aliphatic rings. The van der Waals surface area contributed by atoms with Gasteiger partial charge in [-0.05, 0) is 50.0 Å². The van der Waals surface area contributed by atoms with Gasteiger partial charge in [-0.1, -0.05) is 25.5 Å². The maximum absolute atomic E-state index is 12.1. The Morgan fingerprint density at radius 2 is 1.96 bits per heavy atom. The summed E-state index contributed by atoms with van der Waals surface area (Å²) in [5.41, 5.74) is 2.53. The molecule has 1 amide bonds. The van der Waals surface area contributed by atoms with E-state index in [1.165, 1.54) is 0 Å². The molecule has 0 aliphatic heterocycles. The van der Waals surface area contributed by atoms with Crippen LogP contribution in [0.5, 0.6) is 0 Å². The molecule has 0 aliphatic carbocycles. The van der Waals surface area contributed by atoms with E-state index in [2.05, 4.69) is 29.0 Å². The van der Waals surface area contributed by atoms with E-state index >= 15 is 0 Å². The predicted octanol–water partition coefficient (Wildman–Crippen LogP) is 2.23. The van der Waals surface area contributed by atoms with Crippen LogP contribution in [0.2, 0.25) is 0 Å². The Morgan fingerprint density at radius 1 is 1.21 bits per heavy atom. The van der Waals surface area contributed by atoms with Gasteiger partial charge in [0.25, 0.3) is 5.56 Å². The van der Waals surface area contributed by atoms with Gasteiger partial charge >= 0.3 is 0 Å². The van der Waals surface area contributed by atoms with Crippen LogP contribution in [-0.2, 0) is 11.2 Å². The Morgan fingerprint density at radius 3 is 2.67 bits per heavy atom. The van der Waals surface area contributed by atoms with Crippen LogP contribution in [0.1, 0.15) is 31.4 Å². The molecule has 24 heavy (non-hydrogen) atoms. The second kappa shape index (κ2) is 8.64. The number of hydrogen-bond donors (Lipinski definition) is 2. The van der Waals surface area contributed by atoms with Crippen LogP contribution < -0.4 is 10.9 Å². The zero-order chi connectivity index (χ0) is 17.5. The van der Waals surface area contributed by atoms with Crippen molar-refractivity contribution < 1.29 is 4.79 Å². The zero-order valence-corrected chi connectivity index (χ0v) is 14.8. The summed E-state index contributed by atoms with van der Waals surface area (Å²) in [7, 11) is 0. The van der Waals surface area contributed by atoms with Gasteiger partial charge in [-0.25, -0.2) is 0 Å². The molecule has 130 valence electrons. The maximum Gasteiger partial charge on any atom is 0.251 e. The number of nitrogens with zero attached hydrogens (tertiary/aromatic N) is 1. The average Bonchev–Trinajstić information content (AvgIpc) is 2.57. The Balaban J connectivity index is 1.91. The second-order valence-corrected chi connectivity index (χ2v) is 6.09. The molecule has 5 heteroatoms. The Hall–Kier alpha value is -2.14. The van der Waals surface area contributed by atoms with E-state index in [-0.39, 0.29) is 11.5 Å². The number of rotatable bonds is 8. The third-order valence-electron chi connectivity index (χ3n) is 4.34. The molecule has 0 radical (unpaired) electrons. The van der Waals surface area contributed by atoms with Gasteiger partial charge in [0, 0.05) is 30.6 Å². The molecule has 2 rings (SSSR count). The fourth-order valence-electron chi connectivity index (χ4n) is 2.79. The van der Waals surface area contributed by atoms with Crippen molar-refractivity contribution in [2.45, 2.75) is 33.6 Å². The number of amides is 1. The van der Waals surface area contributed by atoms with Crippen molar-refractivity contribution >= 4 is 16.8 Å². The minimum atomic E-state index is -0.109. The second-order valence-electron chi connectivity index (χ2n) is 6.09. The van der Waals surface area contributed by atoms with Gasteiger partial charge < -0.3 is 15.2 Å². The highest BCUT2D eigenvalue weighted by Gasteiger charge is 2.07. The van der Waals surface area contributed by atoms with E-state index in [4.69, 9.17) is 0 Å². The lowest BCUT2D eigenvalue weighted by Crippen LogP contribution is -2.35. The lowest BCUT2D eigenvalue weighted by Gasteiger charge is -2.17. The minimum Gasteiger partial charge on any atom is -0.355 e. The van der Waals surface area contributed by atoms with E-state index in [1.54, 1.807) is 0 Å². The van der Waals surface area contributed by atoms with Crippen molar-refractivity contribution in [3.8, 4) is 0 Å². The number of likely N-dealkylation sites (N-methyl/N-ethyl adjacent to an activating group) is 1. The molecule has 0 saturated heterocycles. The van der Waals surface area contributed by atoms with Crippen LogP contribution in [0.25, 0.3) is 10.9 Å². The van der Waals surface area contributed by atoms with Crippen molar-refractivity contribution in [3.63, 3.8) is 0 Å². The van der Waals surface area contributed by atoms with Gasteiger partial charge in [0.1, 0.15) is 0 Å². The number of aromatic nitrogens is 1. The zero-order valence-electron chi connectivity index (χ0n) is 14.8. The standard InChI is InChI=1S/C19H27N3O2/c1-4-22(5-2)11-10-20-18(23)9-7-15-13-16-12-14(3)6-8-17(16)21-19(15)24/h6,8,12-13H,4-5,7,9-11H2,1-3H3,(H,20,23)(H,21,24). The first-order chi connectivity index (χ1) is 11.5. The number of nitrogens with one attached hydrogen (secondary N) is 2. The number of carbonyl (C=O) groups excluding carboxylic acids is 1. The summed E-state index contributed by atoms with van der Waals surface area (Å²) in [6, 6.07) is 7.82. The summed E-state index contributed by atoms with van der Waals surface area (Å²) in [5.74, 6) is -0.00843. The van der Waals surface area contributed by atoms with E-state index < -0.39 is 0 Å². The molecule has 2 aromatic rings. The first-order valence-corrected chi connectivity index (χ1v) is 8.65. The summed E-state index contributed by atoms with van der Waals surface area (Å²) in [5, 5.41) is 3.93. The third kappa shape index (κ3) is 4.93. The highest BCUT2D eigenvalue weighted by atomic mass is 16.1. The van der Waals surface area contributed by atoms with E-state index in [0.29, 0.717) is 24.9 Å². The predicted molar refractivity (Wildman–Crippen MR) is 98.4 cm³/mol. The lowest BCUT2D eigenvalue weighted by atomic mass is 10.1. The van der Waals surface area contributed by atoms with Crippen LogP contribution in [0.3, 0.4) is 0 Å². The maximum atomic E-state index is 12.1. The monoisotopic (exact) mass is 329 g/mol. The van der Waals surface area contributed by atoms with Gasteiger partial charge in [-0.2, -0.15) is 0 Å². The number of aromatic amines is 1. The number of carbonyl (C=O) groups is 1. The highest BCUT2D eigenvalue weighted by Crippen LogP contribution is 2.13. The Labute approximate surface area is 143 Å². The molecule has 0 unspecified atom stereocenters. The summed E-state index contributed by atoms with van der Waals surface area (Å²) in [4.78, 5) is 29.2. The molecule has 1 aromatic carbocycles. The number of aryl methyl sites for hydroxylation is 2. The van der Waals surface area contributed by atoms with Gasteiger partial charge in [0.05, 0.1) is 0 Å². The van der Waals surface area contributed by atoms with Gasteiger partial charge in [0.2, 0.25) is 5.91 Å². The van der Waals surface area contributed by atoms with E-state index in [9.17, 15) is 9.59 Å². The van der Waals surface area contributed by atoms with E-state index in [1.807, 2.05) is 31.2 Å². The molecule has 1 aromatic heterocycles. The first-order valence-electron chi connectivity index (χ1n) is 8.65. The molecule has 1 heterocycles. The van der Waals surface area contributed by atoms with Crippen LogP contribution >= 0.6 is 0 Å². The van der Waals surface area contributed by atoms with Gasteiger partial charge in [-0.3, -0.25) is 9.59 Å². The quantitative estimate of drug-likeness (QED) is 0.780. The first kappa shape index (κ1) is 18.2. The third-order valence-corrected chi connectivity index (χ3v) is 4.34. The van der Waals surface area contributed by atoms with Crippen LogP contribution in [0.4, 0.5) is 0 Å². The number of H-pyrrole nitrogens is 1. The Bertz CT molecular complexity index is 748. The van der Waals surface area contributed by atoms with Crippen LogP contribution in [0.15, 0.2) is 29.1 Å². The Kier molecular flexibility index (Phi) is 6.55. The molecule has 5 nitrogen and oxygen atoms in total. The number of pyridine rings is 1. The molecule has 2 N–H and O–H groups in total. The van der Waals surface area contributed by atoms with Crippen molar-refractivity contribution in [3.05, 3.63) is 45.7 Å². The average molecular weight is 329 g/mol. The number of benzene rings is 1. The molecule has 0 atom stereocenters. The summed E-state index contributed by atoms with van der Waals surface area (Å²) in [6.07, 6.45) is 0.787. The number of fused-ring (bicyclic) bond motifs is 1. The van der Waals surface area contributed by atoms with Crippen molar-refractivity contribution in [2.75, 3.05) is 26.2 Å². The molecule has 0 fully saturated rings. The van der Waals surface area contributed by atoms with Gasteiger partial charge in [0.15, 0.2) is 0 Å². The summed E-state index contributed by atoms with van der Waals surface area (Å²) in [6.45, 7) is 9.71. The number of hydrogen-bond acceptors (Lipinski definition) is 3. The smallest absolute Gasteiger partial charge is 0.251 e. The van der Waals surface area contributed by atoms with E-state index in [0.717, 1.165) is 36.1 Å². The fraction of sp³-hybridized carbons (Fsp3) is 0.474. The molecular weight excluding hydrogens is 302 g/mol. The minimum absolute atomic E-state index is 0.00843. The van der Waals surface area contributed by atoms with Crippen LogP contribution in [-0.4, -0.2) is 42.0 Å². The summed E-state index contributed by atoms with van der Waals surface area (Å²) < 4.78 is 0. The molecule has 0 spiro atoms. The fourth-order valence-corrected chi connectivity index (χ4v) is 2.79. The largest absolute Gasteiger partial charge is 0.355 e. The van der Waals surface area contributed by atoms with Crippen LogP contribution in [0, 0.1) is 6.92 Å². The molecule has 0 saturated carbocycles. The summed E-state index contributed by atoms with van der Waals surface area (Å²) >= 11 is 0. The van der Waals surface area contributed by atoms with Crippen molar-refractivity contribution in [2.24, 2.45) is 0 Å². The lowest BCUT2D eigenvalue weighted by molar-refractivity contribution is -0.121. The SMILES string of the molecule is CCN(CC)CCNC(=O)CCc1cc2cc(C)ccc2[nH]c1=O. The molecule has 0 bridgehead atoms. The topological polar surface area (TPSA) is 65.2 Å². The van der Waals surface area contributed by atoms with Gasteiger partial charge in [-0.15, -0.1) is 0 Å².